The molecule has 0 unspecified atom stereocenters. The molecule has 1 aliphatic heterocycles. The van der Waals surface area contributed by atoms with E-state index in [9.17, 15) is 20.4 Å². The van der Waals surface area contributed by atoms with Gasteiger partial charge in [-0.05, 0) is 23.6 Å². The number of fused-ring (bicyclic) bond motifs is 1. The predicted molar refractivity (Wildman–Crippen MR) is 116 cm³/mol. The molecule has 166 valence electrons. The molecule has 0 saturated carbocycles. The Morgan fingerprint density at radius 2 is 1.61 bits per heavy atom. The van der Waals surface area contributed by atoms with Crippen molar-refractivity contribution in [2.24, 2.45) is 0 Å². The largest absolute Gasteiger partial charge is 0.396 e. The van der Waals surface area contributed by atoms with Crippen LogP contribution in [0.5, 0.6) is 0 Å². The summed E-state index contributed by atoms with van der Waals surface area (Å²) in [5.41, 5.74) is 3.45. The molecule has 0 spiro atoms. The van der Waals surface area contributed by atoms with Gasteiger partial charge in [0, 0.05) is 30.3 Å². The quantitative estimate of drug-likeness (QED) is 0.390. The van der Waals surface area contributed by atoms with Crippen molar-refractivity contribution in [2.75, 3.05) is 13.2 Å². The summed E-state index contributed by atoms with van der Waals surface area (Å²) in [4.78, 5) is 0. The molecule has 0 bridgehead atoms. The van der Waals surface area contributed by atoms with E-state index in [1.165, 1.54) is 0 Å². The lowest BCUT2D eigenvalue weighted by Gasteiger charge is -2.40. The van der Waals surface area contributed by atoms with Crippen molar-refractivity contribution in [2.45, 2.75) is 43.5 Å². The molecule has 0 amide bonds. The van der Waals surface area contributed by atoms with Crippen molar-refractivity contribution < 1.29 is 30.3 Å². The minimum absolute atomic E-state index is 0.0969. The van der Waals surface area contributed by atoms with Gasteiger partial charge >= 0.3 is 0 Å². The second kappa shape index (κ2) is 9.26. The number of ether oxygens (including phenoxy) is 1. The lowest BCUT2D eigenvalue weighted by atomic mass is 9.91. The van der Waals surface area contributed by atoms with E-state index in [0.717, 1.165) is 22.0 Å². The van der Waals surface area contributed by atoms with Gasteiger partial charge in [-0.2, -0.15) is 0 Å². The van der Waals surface area contributed by atoms with Crippen LogP contribution in [0.3, 0.4) is 0 Å². The number of hydrogen-bond donors (Lipinski definition) is 5. The minimum Gasteiger partial charge on any atom is -0.396 e. The second-order valence-corrected chi connectivity index (χ2v) is 8.30. The summed E-state index contributed by atoms with van der Waals surface area (Å²) in [6.45, 7) is 0.123. The molecule has 5 N–H and O–H groups in total. The normalized spacial score (nSPS) is 26.5. The molecule has 7 nitrogen and oxygen atoms in total. The molecule has 5 atom stereocenters. The van der Waals surface area contributed by atoms with Crippen LogP contribution in [0.15, 0.2) is 48.7 Å². The van der Waals surface area contributed by atoms with E-state index in [1.54, 1.807) is 12.1 Å². The molecule has 1 aromatic heterocycles. The Kier molecular flexibility index (Phi) is 6.64. The topological polar surface area (TPSA) is 115 Å². The first kappa shape index (κ1) is 22.2. The third kappa shape index (κ3) is 4.23. The van der Waals surface area contributed by atoms with Gasteiger partial charge in [0.2, 0.25) is 0 Å². The Hall–Kier alpha value is -1.97. The van der Waals surface area contributed by atoms with Gasteiger partial charge in [0.05, 0.1) is 17.1 Å². The summed E-state index contributed by atoms with van der Waals surface area (Å²) in [5, 5.41) is 50.8. The van der Waals surface area contributed by atoms with Gasteiger partial charge in [0.25, 0.3) is 0 Å². The number of aromatic nitrogens is 1. The number of aliphatic hydroxyl groups excluding tert-OH is 5. The first-order chi connectivity index (χ1) is 14.9. The van der Waals surface area contributed by atoms with E-state index in [0.29, 0.717) is 23.6 Å². The van der Waals surface area contributed by atoms with Gasteiger partial charge in [-0.1, -0.05) is 48.0 Å². The van der Waals surface area contributed by atoms with E-state index in [1.807, 2.05) is 41.1 Å². The molecule has 0 aliphatic carbocycles. The van der Waals surface area contributed by atoms with Crippen molar-refractivity contribution in [3.63, 3.8) is 0 Å². The van der Waals surface area contributed by atoms with Gasteiger partial charge in [0.1, 0.15) is 30.5 Å². The number of hydrogen-bond acceptors (Lipinski definition) is 6. The molecular weight excluding hydrogens is 422 g/mol. The average Bonchev–Trinajstić information content (AvgIpc) is 3.13. The molecule has 1 fully saturated rings. The highest BCUT2D eigenvalue weighted by molar-refractivity contribution is 6.35. The molecule has 2 aromatic carbocycles. The van der Waals surface area contributed by atoms with E-state index in [4.69, 9.17) is 21.4 Å². The Morgan fingerprint density at radius 1 is 0.903 bits per heavy atom. The maximum absolute atomic E-state index is 10.6. The monoisotopic (exact) mass is 447 g/mol. The number of halogens is 1. The molecular formula is C23H26ClNO6. The zero-order chi connectivity index (χ0) is 22.1. The van der Waals surface area contributed by atoms with Gasteiger partial charge in [-0.25, -0.2) is 0 Å². The van der Waals surface area contributed by atoms with E-state index in [-0.39, 0.29) is 6.61 Å². The van der Waals surface area contributed by atoms with Crippen LogP contribution in [0.2, 0.25) is 5.02 Å². The lowest BCUT2D eigenvalue weighted by Crippen LogP contribution is -2.55. The van der Waals surface area contributed by atoms with Crippen molar-refractivity contribution in [3.05, 3.63) is 70.4 Å². The smallest absolute Gasteiger partial charge is 0.114 e. The van der Waals surface area contributed by atoms with Crippen molar-refractivity contribution in [1.29, 1.82) is 0 Å². The van der Waals surface area contributed by atoms with Crippen molar-refractivity contribution in [3.8, 4) is 0 Å². The van der Waals surface area contributed by atoms with Crippen LogP contribution >= 0.6 is 11.6 Å². The number of nitrogens with zero attached hydrogens (tertiary/aromatic N) is 1. The Bertz CT molecular complexity index is 1030. The first-order valence-corrected chi connectivity index (χ1v) is 10.6. The number of benzene rings is 2. The highest BCUT2D eigenvalue weighted by atomic mass is 35.5. The summed E-state index contributed by atoms with van der Waals surface area (Å²) in [6, 6.07) is 13.4. The number of aliphatic hydroxyl groups is 5. The SMILES string of the molecule is OCCc1ccc(Cn2cc([C@@H]3O[C@H](CO)[C@@H](O)[C@H](O)[C@H]3O)c3cccc(Cl)c32)cc1. The molecule has 31 heavy (non-hydrogen) atoms. The Morgan fingerprint density at radius 3 is 2.29 bits per heavy atom. The minimum atomic E-state index is -1.45. The lowest BCUT2D eigenvalue weighted by molar-refractivity contribution is -0.231. The Labute approximate surface area is 184 Å². The van der Waals surface area contributed by atoms with Crippen molar-refractivity contribution in [1.82, 2.24) is 4.57 Å². The first-order valence-electron chi connectivity index (χ1n) is 10.2. The summed E-state index contributed by atoms with van der Waals surface area (Å²) in [7, 11) is 0. The highest BCUT2D eigenvalue weighted by Crippen LogP contribution is 2.39. The fraction of sp³-hybridized carbons (Fsp3) is 0.391. The third-order valence-corrected chi connectivity index (χ3v) is 6.16. The summed E-state index contributed by atoms with van der Waals surface area (Å²) < 4.78 is 7.73. The van der Waals surface area contributed by atoms with Crippen LogP contribution in [0.4, 0.5) is 0 Å². The van der Waals surface area contributed by atoms with Crippen LogP contribution in [0.25, 0.3) is 10.9 Å². The average molecular weight is 448 g/mol. The molecule has 1 saturated heterocycles. The number of rotatable bonds is 6. The van der Waals surface area contributed by atoms with E-state index >= 15 is 0 Å². The highest BCUT2D eigenvalue weighted by Gasteiger charge is 2.44. The van der Waals surface area contributed by atoms with Crippen LogP contribution in [-0.2, 0) is 17.7 Å². The molecule has 1 aliphatic rings. The fourth-order valence-electron chi connectivity index (χ4n) is 4.19. The van der Waals surface area contributed by atoms with Gasteiger partial charge in [-0.15, -0.1) is 0 Å². The van der Waals surface area contributed by atoms with E-state index in [2.05, 4.69) is 0 Å². The van der Waals surface area contributed by atoms with Crippen LogP contribution < -0.4 is 0 Å². The standard InChI is InChI=1S/C23H26ClNO6/c24-17-3-1-2-15-16(23-22(30)21(29)20(28)18(12-27)31-23)11-25(19(15)17)10-14-6-4-13(5-7-14)8-9-26/h1-7,11,18,20-23,26-30H,8-10,12H2/t18-,20-,21+,22-,23+/m1/s1. The molecule has 8 heteroatoms. The fourth-order valence-corrected chi connectivity index (χ4v) is 4.47. The van der Waals surface area contributed by atoms with Gasteiger partial charge in [-0.3, -0.25) is 0 Å². The second-order valence-electron chi connectivity index (χ2n) is 7.89. The van der Waals surface area contributed by atoms with Gasteiger partial charge in [0.15, 0.2) is 0 Å². The van der Waals surface area contributed by atoms with Crippen LogP contribution in [-0.4, -0.2) is 67.7 Å². The molecule has 3 aromatic rings. The maximum Gasteiger partial charge on any atom is 0.114 e. The van der Waals surface area contributed by atoms with Crippen LogP contribution in [0.1, 0.15) is 22.8 Å². The summed E-state index contributed by atoms with van der Waals surface area (Å²) in [6.07, 6.45) is -3.73. The molecule has 0 radical (unpaired) electrons. The molecule has 4 rings (SSSR count). The summed E-state index contributed by atoms with van der Waals surface area (Å²) in [5.74, 6) is 0. The zero-order valence-electron chi connectivity index (χ0n) is 16.8. The predicted octanol–water partition coefficient (Wildman–Crippen LogP) is 1.39. The zero-order valence-corrected chi connectivity index (χ0v) is 17.6. The van der Waals surface area contributed by atoms with Crippen LogP contribution in [0, 0.1) is 0 Å². The van der Waals surface area contributed by atoms with Crippen molar-refractivity contribution >= 4 is 22.5 Å². The number of para-hydroxylation sites is 1. The molecule has 2 heterocycles. The van der Waals surface area contributed by atoms with Gasteiger partial charge < -0.3 is 34.8 Å². The third-order valence-electron chi connectivity index (χ3n) is 5.86. The Balaban J connectivity index is 1.73. The summed E-state index contributed by atoms with van der Waals surface area (Å²) >= 11 is 6.51. The maximum atomic E-state index is 10.6. The van der Waals surface area contributed by atoms with E-state index < -0.39 is 37.1 Å².